The molecule has 0 radical (unpaired) electrons. The van der Waals surface area contributed by atoms with Crippen LogP contribution in [0.4, 0.5) is 0 Å². The van der Waals surface area contributed by atoms with Gasteiger partial charge in [-0.1, -0.05) is 26.8 Å². The minimum atomic E-state index is -2.13. The fourth-order valence-electron chi connectivity index (χ4n) is 4.16. The molecular formula is C18H27NO6. The van der Waals surface area contributed by atoms with Crippen molar-refractivity contribution in [3.8, 4) is 0 Å². The van der Waals surface area contributed by atoms with E-state index in [1.807, 2.05) is 6.08 Å². The summed E-state index contributed by atoms with van der Waals surface area (Å²) in [7, 11) is 0. The Kier molecular flexibility index (Phi) is 4.92. The molecule has 3 rings (SSSR count). The van der Waals surface area contributed by atoms with Gasteiger partial charge >= 0.3 is 11.9 Å². The lowest BCUT2D eigenvalue weighted by atomic mass is 9.79. The smallest absolute Gasteiger partial charge is 0.341 e. The van der Waals surface area contributed by atoms with E-state index >= 15 is 0 Å². The van der Waals surface area contributed by atoms with E-state index in [0.29, 0.717) is 6.42 Å². The number of hydrogen-bond acceptors (Lipinski definition) is 7. The zero-order chi connectivity index (χ0) is 18.4. The minimum Gasteiger partial charge on any atom is -0.460 e. The van der Waals surface area contributed by atoms with Crippen molar-refractivity contribution in [2.45, 2.75) is 57.5 Å². The second-order valence-corrected chi connectivity index (χ2v) is 7.55. The molecule has 5 atom stereocenters. The van der Waals surface area contributed by atoms with Crippen molar-refractivity contribution < 1.29 is 29.3 Å². The Bertz CT molecular complexity index is 588. The predicted molar refractivity (Wildman–Crippen MR) is 88.5 cm³/mol. The van der Waals surface area contributed by atoms with Crippen LogP contribution < -0.4 is 0 Å². The average Bonchev–Trinajstić information content (AvgIpc) is 3.13. The normalized spacial score (nSPS) is 39.5. The van der Waals surface area contributed by atoms with Gasteiger partial charge in [0.05, 0.1) is 12.0 Å². The van der Waals surface area contributed by atoms with E-state index in [4.69, 9.17) is 9.47 Å². The zero-order valence-corrected chi connectivity index (χ0v) is 15.0. The van der Waals surface area contributed by atoms with Crippen molar-refractivity contribution >= 4 is 11.9 Å². The number of carbonyl (C=O) groups is 2. The predicted octanol–water partition coefficient (Wildman–Crippen LogP) is 0.243. The Morgan fingerprint density at radius 1 is 1.40 bits per heavy atom. The summed E-state index contributed by atoms with van der Waals surface area (Å²) in [6, 6.07) is -0.0884. The number of hydrogen-bond donors (Lipinski definition) is 2. The van der Waals surface area contributed by atoms with E-state index < -0.39 is 29.6 Å². The Balaban J connectivity index is 1.98. The average molecular weight is 353 g/mol. The first-order valence-electron chi connectivity index (χ1n) is 9.00. The molecule has 3 aliphatic rings. The molecule has 2 N–H and O–H groups in total. The number of aliphatic hydroxyl groups excluding tert-OH is 1. The van der Waals surface area contributed by atoms with Gasteiger partial charge in [0.25, 0.3) is 0 Å². The van der Waals surface area contributed by atoms with Gasteiger partial charge in [-0.2, -0.15) is 0 Å². The van der Waals surface area contributed by atoms with Crippen LogP contribution in [0, 0.1) is 11.8 Å². The first-order valence-corrected chi connectivity index (χ1v) is 9.00. The van der Waals surface area contributed by atoms with Crippen LogP contribution in [-0.2, 0) is 19.1 Å². The van der Waals surface area contributed by atoms with Crippen molar-refractivity contribution in [3.63, 3.8) is 0 Å². The molecule has 5 unspecified atom stereocenters. The molecule has 0 spiro atoms. The lowest BCUT2D eigenvalue weighted by Gasteiger charge is -2.35. The number of carbonyl (C=O) groups excluding carboxylic acids is 2. The van der Waals surface area contributed by atoms with Gasteiger partial charge in [-0.15, -0.1) is 0 Å². The van der Waals surface area contributed by atoms with E-state index in [1.54, 1.807) is 20.8 Å². The quantitative estimate of drug-likeness (QED) is 0.542. The lowest BCUT2D eigenvalue weighted by molar-refractivity contribution is -0.190. The SMILES string of the molecule is CCC1(O)C(=O)OCC2=CCN3CCC(OC(=O)C(C(C)C)C1O)C23. The van der Waals surface area contributed by atoms with Gasteiger partial charge in [0.15, 0.2) is 5.60 Å². The molecule has 0 aromatic heterocycles. The largest absolute Gasteiger partial charge is 0.460 e. The summed E-state index contributed by atoms with van der Waals surface area (Å²) < 4.78 is 11.1. The molecule has 3 aliphatic heterocycles. The molecule has 140 valence electrons. The number of esters is 2. The van der Waals surface area contributed by atoms with Gasteiger partial charge in [0.1, 0.15) is 18.8 Å². The van der Waals surface area contributed by atoms with Gasteiger partial charge < -0.3 is 19.7 Å². The van der Waals surface area contributed by atoms with Crippen LogP contribution in [0.3, 0.4) is 0 Å². The standard InChI is InChI=1S/C18H27NO6/c1-4-18(23)15(20)13(10(2)3)16(21)25-12-6-8-19-7-5-11(14(12)19)9-24-17(18)22/h5,10,12-15,20,23H,4,6-9H2,1-3H3. The molecule has 7 heteroatoms. The molecule has 0 aliphatic carbocycles. The number of cyclic esters (lactones) is 1. The summed E-state index contributed by atoms with van der Waals surface area (Å²) in [5, 5.41) is 21.5. The molecule has 0 saturated carbocycles. The second kappa shape index (κ2) is 6.70. The lowest BCUT2D eigenvalue weighted by Crippen LogP contribution is -2.56. The van der Waals surface area contributed by atoms with Gasteiger partial charge in [-0.05, 0) is 24.3 Å². The van der Waals surface area contributed by atoms with Crippen LogP contribution in [0.2, 0.25) is 0 Å². The topological polar surface area (TPSA) is 96.3 Å². The van der Waals surface area contributed by atoms with Crippen molar-refractivity contribution in [1.82, 2.24) is 4.90 Å². The Hall–Kier alpha value is -1.44. The zero-order valence-electron chi connectivity index (χ0n) is 15.0. The van der Waals surface area contributed by atoms with E-state index in [-0.39, 0.29) is 31.1 Å². The minimum absolute atomic E-state index is 0.0371. The highest BCUT2D eigenvalue weighted by atomic mass is 16.6. The highest BCUT2D eigenvalue weighted by molar-refractivity contribution is 5.83. The van der Waals surface area contributed by atoms with Crippen LogP contribution in [0.1, 0.15) is 33.6 Å². The Labute approximate surface area is 147 Å². The maximum Gasteiger partial charge on any atom is 0.341 e. The van der Waals surface area contributed by atoms with Gasteiger partial charge in [-0.25, -0.2) is 4.79 Å². The summed E-state index contributed by atoms with van der Waals surface area (Å²) in [4.78, 5) is 27.5. The van der Waals surface area contributed by atoms with Crippen molar-refractivity contribution in [2.75, 3.05) is 19.7 Å². The molecule has 2 fully saturated rings. The third kappa shape index (κ3) is 2.98. The van der Waals surface area contributed by atoms with Gasteiger partial charge in [-0.3, -0.25) is 9.69 Å². The summed E-state index contributed by atoms with van der Waals surface area (Å²) in [6.07, 6.45) is 0.738. The molecule has 0 aromatic rings. The number of ether oxygens (including phenoxy) is 2. The first kappa shape index (κ1) is 18.4. The molecule has 0 amide bonds. The molecule has 0 bridgehead atoms. The Morgan fingerprint density at radius 3 is 2.76 bits per heavy atom. The van der Waals surface area contributed by atoms with E-state index in [2.05, 4.69) is 4.90 Å². The van der Waals surface area contributed by atoms with E-state index in [9.17, 15) is 19.8 Å². The van der Waals surface area contributed by atoms with Crippen LogP contribution in [0.25, 0.3) is 0 Å². The van der Waals surface area contributed by atoms with Crippen LogP contribution in [-0.4, -0.2) is 70.6 Å². The van der Waals surface area contributed by atoms with Gasteiger partial charge in [0, 0.05) is 13.1 Å². The molecule has 2 saturated heterocycles. The van der Waals surface area contributed by atoms with Crippen LogP contribution in [0.5, 0.6) is 0 Å². The summed E-state index contributed by atoms with van der Waals surface area (Å²) in [5.74, 6) is -2.76. The molecule has 0 aromatic carbocycles. The highest BCUT2D eigenvalue weighted by Gasteiger charge is 2.52. The summed E-state index contributed by atoms with van der Waals surface area (Å²) >= 11 is 0. The third-order valence-electron chi connectivity index (χ3n) is 5.76. The van der Waals surface area contributed by atoms with Crippen molar-refractivity contribution in [1.29, 1.82) is 0 Å². The fraction of sp³-hybridized carbons (Fsp3) is 0.778. The molecule has 3 heterocycles. The number of nitrogens with zero attached hydrogens (tertiary/aromatic N) is 1. The molecular weight excluding hydrogens is 326 g/mol. The first-order chi connectivity index (χ1) is 11.8. The van der Waals surface area contributed by atoms with Gasteiger partial charge in [0.2, 0.25) is 0 Å². The van der Waals surface area contributed by atoms with Crippen molar-refractivity contribution in [2.24, 2.45) is 11.8 Å². The van der Waals surface area contributed by atoms with Crippen LogP contribution in [0.15, 0.2) is 11.6 Å². The molecule has 7 nitrogen and oxygen atoms in total. The second-order valence-electron chi connectivity index (χ2n) is 7.55. The number of rotatable bonds is 2. The Morgan fingerprint density at radius 2 is 2.12 bits per heavy atom. The monoisotopic (exact) mass is 353 g/mol. The molecule has 25 heavy (non-hydrogen) atoms. The maximum absolute atomic E-state index is 12.8. The van der Waals surface area contributed by atoms with E-state index in [1.165, 1.54) is 0 Å². The summed E-state index contributed by atoms with van der Waals surface area (Å²) in [5.41, 5.74) is -1.24. The third-order valence-corrected chi connectivity index (χ3v) is 5.76. The highest BCUT2D eigenvalue weighted by Crippen LogP contribution is 2.35. The van der Waals surface area contributed by atoms with Crippen molar-refractivity contribution in [3.05, 3.63) is 11.6 Å². The number of aliphatic hydroxyl groups is 2. The maximum atomic E-state index is 12.8. The van der Waals surface area contributed by atoms with Crippen LogP contribution >= 0.6 is 0 Å². The van der Waals surface area contributed by atoms with E-state index in [0.717, 1.165) is 18.7 Å². The fourth-order valence-corrected chi connectivity index (χ4v) is 4.16. The summed E-state index contributed by atoms with van der Waals surface area (Å²) in [6.45, 7) is 6.69.